The molecule has 0 unspecified atom stereocenters. The van der Waals surface area contributed by atoms with Gasteiger partial charge in [-0.15, -0.1) is 0 Å². The molecule has 1 heterocycles. The van der Waals surface area contributed by atoms with Crippen LogP contribution in [-0.4, -0.2) is 23.6 Å². The lowest BCUT2D eigenvalue weighted by Crippen LogP contribution is -2.43. The minimum atomic E-state index is -4.48. The summed E-state index contributed by atoms with van der Waals surface area (Å²) in [7, 11) is 0. The van der Waals surface area contributed by atoms with Crippen molar-refractivity contribution in [1.82, 2.24) is 10.4 Å². The number of halogens is 3. The van der Waals surface area contributed by atoms with Crippen LogP contribution < -0.4 is 5.43 Å². The number of alkyl halides is 3. The molecule has 3 rings (SSSR count). The van der Waals surface area contributed by atoms with E-state index in [4.69, 9.17) is 0 Å². The Kier molecular flexibility index (Phi) is 6.05. The fourth-order valence-electron chi connectivity index (χ4n) is 3.79. The summed E-state index contributed by atoms with van der Waals surface area (Å²) in [5.74, 6) is -0.374. The van der Waals surface area contributed by atoms with E-state index in [1.807, 2.05) is 18.2 Å². The Morgan fingerprint density at radius 3 is 2.44 bits per heavy atom. The van der Waals surface area contributed by atoms with Crippen molar-refractivity contribution in [3.8, 4) is 0 Å². The Morgan fingerprint density at radius 1 is 1.07 bits per heavy atom. The van der Waals surface area contributed by atoms with Gasteiger partial charge >= 0.3 is 6.18 Å². The maximum atomic E-state index is 13.9. The molecule has 1 N–H and O–H groups in total. The average Bonchev–Trinajstić information content (AvgIpc) is 3.04. The van der Waals surface area contributed by atoms with E-state index in [0.717, 1.165) is 41.6 Å². The fourth-order valence-corrected chi connectivity index (χ4v) is 3.79. The van der Waals surface area contributed by atoms with Crippen molar-refractivity contribution in [2.75, 3.05) is 6.54 Å². The lowest BCUT2D eigenvalue weighted by Gasteiger charge is -2.30. The van der Waals surface area contributed by atoms with E-state index in [1.165, 1.54) is 6.42 Å². The monoisotopic (exact) mass is 378 g/mol. The van der Waals surface area contributed by atoms with E-state index in [1.54, 1.807) is 18.2 Å². The highest BCUT2D eigenvalue weighted by atomic mass is 19.4. The van der Waals surface area contributed by atoms with Gasteiger partial charge in [0.05, 0.1) is 0 Å². The highest BCUT2D eigenvalue weighted by molar-refractivity contribution is 5.89. The van der Waals surface area contributed by atoms with Gasteiger partial charge in [0.1, 0.15) is 0 Å². The molecule has 0 aromatic heterocycles. The summed E-state index contributed by atoms with van der Waals surface area (Å²) in [6, 6.07) is 8.83. The van der Waals surface area contributed by atoms with Crippen molar-refractivity contribution >= 4 is 16.7 Å². The highest BCUT2D eigenvalue weighted by Gasteiger charge is 2.47. The molecule has 1 atom stereocenters. The Labute approximate surface area is 157 Å². The van der Waals surface area contributed by atoms with Gasteiger partial charge in [0.25, 0.3) is 0 Å². The molecule has 2 aromatic carbocycles. The number of amides is 1. The fraction of sp³-hybridized carbons (Fsp3) is 0.476. The molecular formula is C21H25F3N2O. The van der Waals surface area contributed by atoms with Crippen LogP contribution in [-0.2, 0) is 11.2 Å². The van der Waals surface area contributed by atoms with Gasteiger partial charge in [-0.2, -0.15) is 13.2 Å². The quantitative estimate of drug-likeness (QED) is 0.663. The Hall–Kier alpha value is -2.08. The number of fused-ring (bicyclic) bond motifs is 1. The van der Waals surface area contributed by atoms with Crippen LogP contribution in [0.5, 0.6) is 0 Å². The third-order valence-electron chi connectivity index (χ3n) is 5.11. The van der Waals surface area contributed by atoms with Gasteiger partial charge < -0.3 is 0 Å². The normalized spacial score (nSPS) is 16.7. The summed E-state index contributed by atoms with van der Waals surface area (Å²) in [6.07, 6.45) is 0.927. The third kappa shape index (κ3) is 4.43. The second-order valence-corrected chi connectivity index (χ2v) is 7.09. The van der Waals surface area contributed by atoms with E-state index < -0.39 is 12.2 Å². The lowest BCUT2D eigenvalue weighted by atomic mass is 9.92. The number of rotatable bonds is 7. The third-order valence-corrected chi connectivity index (χ3v) is 5.11. The Bertz CT molecular complexity index is 804. The number of aryl methyl sites for hydroxylation is 1. The first-order valence-corrected chi connectivity index (χ1v) is 9.55. The van der Waals surface area contributed by atoms with Crippen LogP contribution in [0.25, 0.3) is 10.8 Å². The highest BCUT2D eigenvalue weighted by Crippen LogP contribution is 2.41. The number of benzene rings is 2. The molecule has 1 aliphatic heterocycles. The molecule has 0 bridgehead atoms. The maximum Gasteiger partial charge on any atom is 0.409 e. The van der Waals surface area contributed by atoms with E-state index in [-0.39, 0.29) is 24.4 Å². The van der Waals surface area contributed by atoms with Gasteiger partial charge in [-0.1, -0.05) is 62.6 Å². The van der Waals surface area contributed by atoms with Gasteiger partial charge in [-0.3, -0.25) is 10.2 Å². The molecule has 0 spiro atoms. The second kappa shape index (κ2) is 8.30. The average molecular weight is 378 g/mol. The Balaban J connectivity index is 1.99. The SMILES string of the molecule is CCCCCCc1ccc([C@H](N2CCC(=O)N2)C(F)(F)F)c2ccccc12. The molecule has 0 radical (unpaired) electrons. The topological polar surface area (TPSA) is 32.3 Å². The molecule has 2 aromatic rings. The molecule has 1 amide bonds. The zero-order valence-electron chi connectivity index (χ0n) is 15.5. The smallest absolute Gasteiger partial charge is 0.288 e. The van der Waals surface area contributed by atoms with Gasteiger partial charge in [-0.25, -0.2) is 5.01 Å². The first kappa shape index (κ1) is 19.7. The summed E-state index contributed by atoms with van der Waals surface area (Å²) in [4.78, 5) is 11.5. The molecule has 6 heteroatoms. The predicted molar refractivity (Wildman–Crippen MR) is 100 cm³/mol. The molecule has 3 nitrogen and oxygen atoms in total. The van der Waals surface area contributed by atoms with Crippen LogP contribution in [0.2, 0.25) is 0 Å². The van der Waals surface area contributed by atoms with Crippen LogP contribution in [0.4, 0.5) is 13.2 Å². The molecule has 0 saturated carbocycles. The van der Waals surface area contributed by atoms with Crippen molar-refractivity contribution in [2.24, 2.45) is 0 Å². The van der Waals surface area contributed by atoms with Crippen LogP contribution in [0.1, 0.15) is 56.2 Å². The van der Waals surface area contributed by atoms with Gasteiger partial charge in [0.2, 0.25) is 5.91 Å². The summed E-state index contributed by atoms with van der Waals surface area (Å²) >= 11 is 0. The van der Waals surface area contributed by atoms with E-state index in [9.17, 15) is 18.0 Å². The number of unbranched alkanes of at least 4 members (excludes halogenated alkanes) is 3. The molecular weight excluding hydrogens is 353 g/mol. The number of hydrazine groups is 1. The van der Waals surface area contributed by atoms with Crippen LogP contribution in [0.3, 0.4) is 0 Å². The molecule has 146 valence electrons. The molecule has 27 heavy (non-hydrogen) atoms. The minimum absolute atomic E-state index is 0.0517. The number of nitrogens with one attached hydrogen (secondary N) is 1. The number of hydrogen-bond donors (Lipinski definition) is 1. The summed E-state index contributed by atoms with van der Waals surface area (Å²) in [5.41, 5.74) is 3.63. The van der Waals surface area contributed by atoms with Crippen molar-refractivity contribution in [3.05, 3.63) is 47.5 Å². The summed E-state index contributed by atoms with van der Waals surface area (Å²) in [6.45, 7) is 2.20. The van der Waals surface area contributed by atoms with Crippen LogP contribution in [0, 0.1) is 0 Å². The number of hydrogen-bond acceptors (Lipinski definition) is 2. The van der Waals surface area contributed by atoms with Crippen molar-refractivity contribution in [2.45, 2.75) is 57.7 Å². The summed E-state index contributed by atoms with van der Waals surface area (Å²) < 4.78 is 41.7. The number of nitrogens with zero attached hydrogens (tertiary/aromatic N) is 1. The van der Waals surface area contributed by atoms with Gasteiger partial charge in [0, 0.05) is 13.0 Å². The zero-order chi connectivity index (χ0) is 19.4. The predicted octanol–water partition coefficient (Wildman–Crippen LogP) is 5.30. The molecule has 1 fully saturated rings. The Morgan fingerprint density at radius 2 is 1.81 bits per heavy atom. The van der Waals surface area contributed by atoms with E-state index in [2.05, 4.69) is 12.3 Å². The van der Waals surface area contributed by atoms with Crippen molar-refractivity contribution in [1.29, 1.82) is 0 Å². The first-order valence-electron chi connectivity index (χ1n) is 9.55. The molecule has 0 aliphatic carbocycles. The maximum absolute atomic E-state index is 13.9. The van der Waals surface area contributed by atoms with Crippen molar-refractivity contribution < 1.29 is 18.0 Å². The van der Waals surface area contributed by atoms with Crippen LogP contribution >= 0.6 is 0 Å². The van der Waals surface area contributed by atoms with Crippen LogP contribution in [0.15, 0.2) is 36.4 Å². The largest absolute Gasteiger partial charge is 0.409 e. The minimum Gasteiger partial charge on any atom is -0.288 e. The van der Waals surface area contributed by atoms with E-state index >= 15 is 0 Å². The lowest BCUT2D eigenvalue weighted by molar-refractivity contribution is -0.190. The first-order chi connectivity index (χ1) is 12.9. The standard InChI is InChI=1S/C21H25F3N2O/c1-2-3-4-5-8-15-11-12-18(17-10-7-6-9-16(15)17)20(21(22,23)24)26-14-13-19(27)25-26/h6-7,9-12,20H,2-5,8,13-14H2,1H3,(H,25,27)/t20-/m0/s1. The van der Waals surface area contributed by atoms with E-state index in [0.29, 0.717) is 5.39 Å². The van der Waals surface area contributed by atoms with Crippen molar-refractivity contribution in [3.63, 3.8) is 0 Å². The second-order valence-electron chi connectivity index (χ2n) is 7.09. The molecule has 1 aliphatic rings. The summed E-state index contributed by atoms with van der Waals surface area (Å²) in [5, 5.41) is 2.49. The van der Waals surface area contributed by atoms with Gasteiger partial charge in [-0.05, 0) is 34.7 Å². The zero-order valence-corrected chi connectivity index (χ0v) is 15.5. The number of carbonyl (C=O) groups is 1. The van der Waals surface area contributed by atoms with Gasteiger partial charge in [0.15, 0.2) is 6.04 Å². The number of carbonyl (C=O) groups excluding carboxylic acids is 1. The molecule has 1 saturated heterocycles.